The van der Waals surface area contributed by atoms with Gasteiger partial charge in [0.25, 0.3) is 0 Å². The Hall–Kier alpha value is -3.44. The van der Waals surface area contributed by atoms with Crippen LogP contribution in [0.3, 0.4) is 0 Å². The number of esters is 6. The van der Waals surface area contributed by atoms with Crippen molar-refractivity contribution in [2.75, 3.05) is 6.61 Å². The quantitative estimate of drug-likeness (QED) is 0.224. The van der Waals surface area contributed by atoms with E-state index < -0.39 is 72.9 Å². The van der Waals surface area contributed by atoms with Gasteiger partial charge in [0, 0.05) is 41.5 Å². The molecule has 0 N–H and O–H groups in total. The van der Waals surface area contributed by atoms with E-state index in [9.17, 15) is 28.8 Å². The van der Waals surface area contributed by atoms with E-state index in [1.807, 2.05) is 0 Å². The van der Waals surface area contributed by atoms with Gasteiger partial charge in [0.2, 0.25) is 0 Å². The van der Waals surface area contributed by atoms with Crippen LogP contribution in [-0.4, -0.2) is 72.9 Å². The minimum absolute atomic E-state index is 0.594. The molecule has 32 heavy (non-hydrogen) atoms. The first kappa shape index (κ1) is 28.6. The molecular weight excluding hydrogens is 432 g/mol. The minimum atomic E-state index is -1.66. The van der Waals surface area contributed by atoms with Crippen LogP contribution in [0.1, 0.15) is 41.5 Å². The first-order valence-electron chi connectivity index (χ1n) is 9.40. The van der Waals surface area contributed by atoms with Crippen molar-refractivity contribution in [2.45, 2.75) is 72.1 Å². The van der Waals surface area contributed by atoms with Crippen LogP contribution in [0.25, 0.3) is 0 Å². The monoisotopic (exact) mass is 460 g/mol. The lowest BCUT2D eigenvalue weighted by molar-refractivity contribution is -0.210. The SMILES string of the molecule is C=C[C@@H](OC(C)=O)[C@@H](OC(C)=O)[C@H](OC(C)=O)[C@H](OC(C)=O)[C@H](COC(C)=O)OC(C)=O. The lowest BCUT2D eigenvalue weighted by atomic mass is 9.97. The van der Waals surface area contributed by atoms with Crippen LogP contribution in [0.5, 0.6) is 0 Å². The molecule has 0 aromatic carbocycles. The highest BCUT2D eigenvalue weighted by atomic mass is 16.6. The molecule has 0 spiro atoms. The molecule has 180 valence electrons. The van der Waals surface area contributed by atoms with E-state index in [1.54, 1.807) is 0 Å². The molecule has 0 rings (SSSR count). The van der Waals surface area contributed by atoms with Gasteiger partial charge in [-0.1, -0.05) is 6.58 Å². The lowest BCUT2D eigenvalue weighted by Crippen LogP contribution is -2.56. The third kappa shape index (κ3) is 11.1. The van der Waals surface area contributed by atoms with Crippen LogP contribution in [0.15, 0.2) is 12.7 Å². The maximum absolute atomic E-state index is 11.8. The van der Waals surface area contributed by atoms with Gasteiger partial charge in [-0.15, -0.1) is 0 Å². The molecule has 0 radical (unpaired) electrons. The van der Waals surface area contributed by atoms with Crippen molar-refractivity contribution >= 4 is 35.8 Å². The van der Waals surface area contributed by atoms with Crippen LogP contribution < -0.4 is 0 Å². The summed E-state index contributed by atoms with van der Waals surface area (Å²) in [6, 6.07) is 0. The van der Waals surface area contributed by atoms with E-state index in [4.69, 9.17) is 28.4 Å². The topological polar surface area (TPSA) is 158 Å². The van der Waals surface area contributed by atoms with Gasteiger partial charge in [-0.3, -0.25) is 28.8 Å². The fourth-order valence-corrected chi connectivity index (χ4v) is 2.62. The molecule has 0 saturated carbocycles. The van der Waals surface area contributed by atoms with E-state index in [-0.39, 0.29) is 0 Å². The van der Waals surface area contributed by atoms with E-state index in [1.165, 1.54) is 0 Å². The molecule has 0 fully saturated rings. The zero-order valence-electron chi connectivity index (χ0n) is 18.8. The summed E-state index contributed by atoms with van der Waals surface area (Å²) in [5.74, 6) is -5.02. The van der Waals surface area contributed by atoms with E-state index in [0.29, 0.717) is 0 Å². The molecule has 0 amide bonds. The second-order valence-corrected chi connectivity index (χ2v) is 6.48. The van der Waals surface area contributed by atoms with Crippen LogP contribution >= 0.6 is 0 Å². The standard InChI is InChI=1S/C20H28O12/c1-8-16(28-11(3)22)18(30-13(5)24)20(32-15(7)26)19(31-14(6)25)17(29-12(4)23)9-27-10(2)21/h8,16-20H,1,9H2,2-7H3/t16-,17+,18-,19-,20+/m1/s1. The van der Waals surface area contributed by atoms with Gasteiger partial charge in [0.1, 0.15) is 6.61 Å². The zero-order valence-corrected chi connectivity index (χ0v) is 18.8. The van der Waals surface area contributed by atoms with Gasteiger partial charge in [-0.25, -0.2) is 0 Å². The molecule has 0 aromatic heterocycles. The van der Waals surface area contributed by atoms with Crippen LogP contribution in [0.2, 0.25) is 0 Å². The molecule has 0 aliphatic rings. The molecule has 0 aliphatic heterocycles. The fraction of sp³-hybridized carbons (Fsp3) is 0.600. The molecule has 0 bridgehead atoms. The molecule has 0 aromatic rings. The summed E-state index contributed by atoms with van der Waals surface area (Å²) >= 11 is 0. The molecule has 12 heteroatoms. The van der Waals surface area contributed by atoms with Crippen molar-refractivity contribution in [3.05, 3.63) is 12.7 Å². The predicted octanol–water partition coefficient (Wildman–Crippen LogP) is 0.394. The average Bonchev–Trinajstić information content (AvgIpc) is 2.63. The Morgan fingerprint density at radius 2 is 1.00 bits per heavy atom. The third-order valence-electron chi connectivity index (χ3n) is 3.55. The van der Waals surface area contributed by atoms with E-state index >= 15 is 0 Å². The highest BCUT2D eigenvalue weighted by Crippen LogP contribution is 2.24. The minimum Gasteiger partial charge on any atom is -0.462 e. The smallest absolute Gasteiger partial charge is 0.303 e. The Bertz CT molecular complexity index is 728. The van der Waals surface area contributed by atoms with Crippen LogP contribution in [0, 0.1) is 0 Å². The van der Waals surface area contributed by atoms with Crippen molar-refractivity contribution in [1.82, 2.24) is 0 Å². The van der Waals surface area contributed by atoms with Gasteiger partial charge in [-0.2, -0.15) is 0 Å². The molecule has 0 unspecified atom stereocenters. The number of carbonyl (C=O) groups is 6. The van der Waals surface area contributed by atoms with Crippen molar-refractivity contribution < 1.29 is 57.2 Å². The number of ether oxygens (including phenoxy) is 6. The number of rotatable bonds is 12. The summed E-state index contributed by atoms with van der Waals surface area (Å²) in [5.41, 5.74) is 0. The Labute approximate surface area is 185 Å². The second kappa shape index (κ2) is 13.8. The maximum atomic E-state index is 11.8. The largest absolute Gasteiger partial charge is 0.462 e. The maximum Gasteiger partial charge on any atom is 0.303 e. The van der Waals surface area contributed by atoms with Gasteiger partial charge < -0.3 is 28.4 Å². The molecular formula is C20H28O12. The summed E-state index contributed by atoms with van der Waals surface area (Å²) in [6.45, 7) is 9.20. The highest BCUT2D eigenvalue weighted by molar-refractivity contribution is 5.70. The molecule has 5 atom stereocenters. The molecule has 0 aliphatic carbocycles. The van der Waals surface area contributed by atoms with Crippen molar-refractivity contribution in [1.29, 1.82) is 0 Å². The number of hydrogen-bond donors (Lipinski definition) is 0. The Balaban J connectivity index is 6.58. The number of hydrogen-bond acceptors (Lipinski definition) is 12. The highest BCUT2D eigenvalue weighted by Gasteiger charge is 2.47. The normalized spacial score (nSPS) is 14.9. The second-order valence-electron chi connectivity index (χ2n) is 6.48. The molecule has 0 saturated heterocycles. The van der Waals surface area contributed by atoms with Crippen LogP contribution in [-0.2, 0) is 57.2 Å². The van der Waals surface area contributed by atoms with E-state index in [0.717, 1.165) is 47.6 Å². The number of carbonyl (C=O) groups excluding carboxylic acids is 6. The molecule has 12 nitrogen and oxygen atoms in total. The fourth-order valence-electron chi connectivity index (χ4n) is 2.62. The van der Waals surface area contributed by atoms with Crippen molar-refractivity contribution in [3.63, 3.8) is 0 Å². The third-order valence-corrected chi connectivity index (χ3v) is 3.55. The van der Waals surface area contributed by atoms with Gasteiger partial charge in [0.05, 0.1) is 0 Å². The van der Waals surface area contributed by atoms with Gasteiger partial charge in [0.15, 0.2) is 30.5 Å². The van der Waals surface area contributed by atoms with Crippen molar-refractivity contribution in [2.24, 2.45) is 0 Å². The summed E-state index contributed by atoms with van der Waals surface area (Å²) in [7, 11) is 0. The summed E-state index contributed by atoms with van der Waals surface area (Å²) in [4.78, 5) is 69.9. The first-order valence-corrected chi connectivity index (χ1v) is 9.40. The zero-order chi connectivity index (χ0) is 25.0. The Morgan fingerprint density at radius 3 is 1.38 bits per heavy atom. The van der Waals surface area contributed by atoms with Gasteiger partial charge >= 0.3 is 35.8 Å². The first-order chi connectivity index (χ1) is 14.8. The summed E-state index contributed by atoms with van der Waals surface area (Å²) in [5, 5.41) is 0. The molecule has 0 heterocycles. The summed E-state index contributed by atoms with van der Waals surface area (Å²) < 4.78 is 30.7. The average molecular weight is 460 g/mol. The van der Waals surface area contributed by atoms with Gasteiger partial charge in [-0.05, 0) is 6.08 Å². The Morgan fingerprint density at radius 1 is 0.594 bits per heavy atom. The van der Waals surface area contributed by atoms with Crippen LogP contribution in [0.4, 0.5) is 0 Å². The summed E-state index contributed by atoms with van der Waals surface area (Å²) in [6.07, 6.45) is -6.61. The predicted molar refractivity (Wildman–Crippen MR) is 105 cm³/mol. The Kier molecular flexibility index (Phi) is 12.3. The van der Waals surface area contributed by atoms with E-state index in [2.05, 4.69) is 6.58 Å². The lowest BCUT2D eigenvalue weighted by Gasteiger charge is -2.37. The van der Waals surface area contributed by atoms with Crippen molar-refractivity contribution in [3.8, 4) is 0 Å².